The summed E-state index contributed by atoms with van der Waals surface area (Å²) in [4.78, 5) is 17.7. The molecule has 5 nitrogen and oxygen atoms in total. The maximum absolute atomic E-state index is 12.6. The number of hydrogen-bond donors (Lipinski definition) is 0. The predicted molar refractivity (Wildman–Crippen MR) is 104 cm³/mol. The van der Waals surface area contributed by atoms with Crippen molar-refractivity contribution in [2.75, 3.05) is 0 Å². The fraction of sp³-hybridized carbons (Fsp3) is 0.250. The Balaban J connectivity index is 1.73. The average molecular weight is 365 g/mol. The van der Waals surface area contributed by atoms with Gasteiger partial charge in [-0.05, 0) is 30.0 Å². The van der Waals surface area contributed by atoms with Gasteiger partial charge >= 0.3 is 0 Å². The molecule has 132 valence electrons. The topological polar surface area (TPSA) is 60.4 Å². The van der Waals surface area contributed by atoms with Gasteiger partial charge in [0, 0.05) is 11.6 Å². The first kappa shape index (κ1) is 16.7. The third-order valence-corrected chi connectivity index (χ3v) is 5.18. The van der Waals surface area contributed by atoms with Gasteiger partial charge in [0.25, 0.3) is 5.56 Å². The minimum atomic E-state index is -0.177. The Morgan fingerprint density at radius 1 is 1.12 bits per heavy atom. The van der Waals surface area contributed by atoms with Crippen LogP contribution in [0.3, 0.4) is 0 Å². The molecule has 0 amide bonds. The van der Waals surface area contributed by atoms with Crippen LogP contribution in [0.25, 0.3) is 22.4 Å². The van der Waals surface area contributed by atoms with Crippen molar-refractivity contribution >= 4 is 22.4 Å². The van der Waals surface area contributed by atoms with Crippen molar-refractivity contribution in [2.24, 2.45) is 0 Å². The summed E-state index contributed by atoms with van der Waals surface area (Å²) in [6.07, 6.45) is 1.73. The number of nitrogens with zero attached hydrogens (tertiary/aromatic N) is 3. The van der Waals surface area contributed by atoms with Crippen molar-refractivity contribution in [2.45, 2.75) is 33.1 Å². The highest BCUT2D eigenvalue weighted by Crippen LogP contribution is 2.25. The highest BCUT2D eigenvalue weighted by atomic mass is 32.1. The molecule has 0 atom stereocenters. The molecule has 0 radical (unpaired) electrons. The second-order valence-electron chi connectivity index (χ2n) is 7.32. The number of furan rings is 1. The summed E-state index contributed by atoms with van der Waals surface area (Å²) in [7, 11) is 0. The number of fused-ring (bicyclic) bond motifs is 1. The molecule has 0 aliphatic carbocycles. The molecule has 0 saturated heterocycles. The molecule has 3 aromatic heterocycles. The summed E-state index contributed by atoms with van der Waals surface area (Å²) in [5.41, 5.74) is 2.07. The van der Waals surface area contributed by atoms with Crippen LogP contribution in [0.15, 0.2) is 45.6 Å². The van der Waals surface area contributed by atoms with Gasteiger partial charge in [-0.3, -0.25) is 4.79 Å². The molecular formula is C20H19N3O2S. The quantitative estimate of drug-likeness (QED) is 0.545. The second-order valence-corrected chi connectivity index (χ2v) is 8.33. The molecular weight excluding hydrogens is 346 g/mol. The van der Waals surface area contributed by atoms with Crippen molar-refractivity contribution in [3.63, 3.8) is 0 Å². The lowest BCUT2D eigenvalue weighted by Crippen LogP contribution is -2.23. The number of aryl methyl sites for hydroxylation is 1. The van der Waals surface area contributed by atoms with Crippen LogP contribution < -0.4 is 10.1 Å². The van der Waals surface area contributed by atoms with E-state index in [0.717, 1.165) is 11.3 Å². The van der Waals surface area contributed by atoms with E-state index < -0.39 is 0 Å². The molecule has 6 heteroatoms. The summed E-state index contributed by atoms with van der Waals surface area (Å²) in [6.45, 7) is 8.40. The lowest BCUT2D eigenvalue weighted by molar-refractivity contribution is 0.525. The Morgan fingerprint density at radius 3 is 2.42 bits per heavy atom. The van der Waals surface area contributed by atoms with Gasteiger partial charge in [-0.15, -0.1) is 5.10 Å². The normalized spacial score (nSPS) is 13.0. The SMILES string of the molecule is Cc1ccc(/C=c2\sc3nc(-c4ccc(C(C)(C)C)cc4)nn3c2=O)o1. The van der Waals surface area contributed by atoms with Gasteiger partial charge in [0.1, 0.15) is 16.1 Å². The molecule has 3 heterocycles. The number of benzene rings is 1. The molecule has 1 aromatic carbocycles. The lowest BCUT2D eigenvalue weighted by Gasteiger charge is -2.18. The fourth-order valence-electron chi connectivity index (χ4n) is 2.74. The number of thiazole rings is 1. The van der Waals surface area contributed by atoms with Crippen molar-refractivity contribution in [1.29, 1.82) is 0 Å². The van der Waals surface area contributed by atoms with Crippen molar-refractivity contribution < 1.29 is 4.42 Å². The Kier molecular flexibility index (Phi) is 3.80. The molecule has 0 N–H and O–H groups in total. The maximum atomic E-state index is 12.6. The average Bonchev–Trinajstić information content (AvgIpc) is 3.25. The highest BCUT2D eigenvalue weighted by Gasteiger charge is 2.15. The first-order chi connectivity index (χ1) is 12.3. The summed E-state index contributed by atoms with van der Waals surface area (Å²) >= 11 is 1.31. The van der Waals surface area contributed by atoms with E-state index in [0.29, 0.717) is 21.1 Å². The first-order valence-corrected chi connectivity index (χ1v) is 9.21. The number of hydrogen-bond acceptors (Lipinski definition) is 5. The summed E-state index contributed by atoms with van der Waals surface area (Å²) in [6, 6.07) is 11.9. The predicted octanol–water partition coefficient (Wildman–Crippen LogP) is 3.56. The van der Waals surface area contributed by atoms with Gasteiger partial charge in [0.15, 0.2) is 5.82 Å². The van der Waals surface area contributed by atoms with Gasteiger partial charge in [0.05, 0.1) is 0 Å². The van der Waals surface area contributed by atoms with Gasteiger partial charge in [-0.25, -0.2) is 0 Å². The Bertz CT molecular complexity index is 1190. The standard InChI is InChI=1S/C20H19N3O2S/c1-12-5-10-15(25-12)11-16-18(24)23-19(26-16)21-17(22-23)13-6-8-14(9-7-13)20(2,3)4/h5-11H,1-4H3/b16-11-. The monoisotopic (exact) mass is 365 g/mol. The van der Waals surface area contributed by atoms with Crippen molar-refractivity contribution in [3.8, 4) is 11.4 Å². The maximum Gasteiger partial charge on any atom is 0.291 e. The van der Waals surface area contributed by atoms with E-state index >= 15 is 0 Å². The first-order valence-electron chi connectivity index (χ1n) is 8.40. The van der Waals surface area contributed by atoms with E-state index in [1.807, 2.05) is 31.2 Å². The number of rotatable bonds is 2. The van der Waals surface area contributed by atoms with Gasteiger partial charge < -0.3 is 4.42 Å². The molecule has 26 heavy (non-hydrogen) atoms. The van der Waals surface area contributed by atoms with Crippen LogP contribution in [0, 0.1) is 6.92 Å². The smallest absolute Gasteiger partial charge is 0.291 e. The molecule has 0 aliphatic heterocycles. The van der Waals surface area contributed by atoms with Crippen LogP contribution in [0.1, 0.15) is 37.9 Å². The molecule has 4 rings (SSSR count). The summed E-state index contributed by atoms with van der Waals surface area (Å²) in [5, 5.41) is 4.39. The Morgan fingerprint density at radius 2 is 1.85 bits per heavy atom. The molecule has 0 fully saturated rings. The van der Waals surface area contributed by atoms with E-state index in [9.17, 15) is 4.79 Å². The molecule has 4 aromatic rings. The van der Waals surface area contributed by atoms with Crippen LogP contribution in [0.4, 0.5) is 0 Å². The van der Waals surface area contributed by atoms with Crippen molar-refractivity contribution in [3.05, 3.63) is 68.4 Å². The molecule has 0 unspecified atom stereocenters. The van der Waals surface area contributed by atoms with Crippen LogP contribution in [-0.2, 0) is 5.41 Å². The van der Waals surface area contributed by atoms with Gasteiger partial charge in [0.2, 0.25) is 4.96 Å². The van der Waals surface area contributed by atoms with E-state index in [-0.39, 0.29) is 11.0 Å². The van der Waals surface area contributed by atoms with E-state index in [1.165, 1.54) is 21.4 Å². The zero-order valence-corrected chi connectivity index (χ0v) is 15.9. The van der Waals surface area contributed by atoms with Crippen LogP contribution in [0.5, 0.6) is 0 Å². The Labute approximate surface area is 154 Å². The second kappa shape index (κ2) is 5.92. The highest BCUT2D eigenvalue weighted by molar-refractivity contribution is 7.15. The molecule has 0 aliphatic rings. The van der Waals surface area contributed by atoms with E-state index in [4.69, 9.17) is 4.42 Å². The fourth-order valence-corrected chi connectivity index (χ4v) is 3.62. The van der Waals surface area contributed by atoms with Gasteiger partial charge in [-0.1, -0.05) is 56.4 Å². The minimum Gasteiger partial charge on any atom is -0.462 e. The van der Waals surface area contributed by atoms with Gasteiger partial charge in [-0.2, -0.15) is 9.50 Å². The van der Waals surface area contributed by atoms with E-state index in [2.05, 4.69) is 43.0 Å². The molecule has 0 saturated carbocycles. The summed E-state index contributed by atoms with van der Waals surface area (Å²) < 4.78 is 7.43. The van der Waals surface area contributed by atoms with Crippen molar-refractivity contribution in [1.82, 2.24) is 14.6 Å². The third kappa shape index (κ3) is 2.97. The zero-order valence-electron chi connectivity index (χ0n) is 15.1. The largest absolute Gasteiger partial charge is 0.462 e. The summed E-state index contributed by atoms with van der Waals surface area (Å²) in [5.74, 6) is 2.03. The van der Waals surface area contributed by atoms with Crippen LogP contribution >= 0.6 is 11.3 Å². The van der Waals surface area contributed by atoms with E-state index in [1.54, 1.807) is 6.08 Å². The number of aromatic nitrogens is 3. The van der Waals surface area contributed by atoms with Crippen LogP contribution in [0.2, 0.25) is 0 Å². The third-order valence-electron chi connectivity index (χ3n) is 4.23. The molecule has 0 spiro atoms. The minimum absolute atomic E-state index is 0.0949. The Hall–Kier alpha value is -2.73. The zero-order chi connectivity index (χ0) is 18.5. The molecule has 0 bridgehead atoms. The van der Waals surface area contributed by atoms with Crippen LogP contribution in [-0.4, -0.2) is 14.6 Å². The lowest BCUT2D eigenvalue weighted by atomic mass is 9.87.